The molecule has 5 nitrogen and oxygen atoms in total. The molecule has 27 heavy (non-hydrogen) atoms. The molecule has 2 saturated heterocycles. The number of piperazine rings is 1. The average Bonchev–Trinajstić information content (AvgIpc) is 2.84. The molecule has 1 aromatic rings. The highest BCUT2D eigenvalue weighted by Gasteiger charge is 2.51. The number of nitrogens with zero attached hydrogens (tertiary/aromatic N) is 3. The molecule has 0 atom stereocenters. The van der Waals surface area contributed by atoms with Crippen LogP contribution in [0.5, 0.6) is 0 Å². The van der Waals surface area contributed by atoms with E-state index in [2.05, 4.69) is 9.80 Å². The van der Waals surface area contributed by atoms with Crippen LogP contribution in [0.25, 0.3) is 0 Å². The first kappa shape index (κ1) is 17.4. The summed E-state index contributed by atoms with van der Waals surface area (Å²) in [5.41, 5.74) is 1.73. The maximum absolute atomic E-state index is 15.3. The van der Waals surface area contributed by atoms with Crippen molar-refractivity contribution in [2.24, 2.45) is 0 Å². The van der Waals surface area contributed by atoms with Gasteiger partial charge < -0.3 is 14.5 Å². The van der Waals surface area contributed by atoms with Gasteiger partial charge in [-0.2, -0.15) is 0 Å². The van der Waals surface area contributed by atoms with E-state index >= 15 is 4.39 Å². The van der Waals surface area contributed by atoms with Crippen LogP contribution in [0.1, 0.15) is 37.7 Å². The lowest BCUT2D eigenvalue weighted by atomic mass is 9.70. The second-order valence-electron chi connectivity index (χ2n) is 8.54. The minimum Gasteiger partial charge on any atom is -0.378 e. The van der Waals surface area contributed by atoms with Gasteiger partial charge in [0.15, 0.2) is 0 Å². The minimum absolute atomic E-state index is 0.0862. The SMILES string of the molecule is CN1C(=O)C2(CCCCC2)c2c(F)cc(N3CCN(C4COC4)CC3)cc21. The molecule has 0 aromatic heterocycles. The Balaban J connectivity index is 1.42. The van der Waals surface area contributed by atoms with Crippen LogP contribution in [0.2, 0.25) is 0 Å². The largest absolute Gasteiger partial charge is 0.378 e. The van der Waals surface area contributed by atoms with Crippen molar-refractivity contribution in [3.8, 4) is 0 Å². The predicted octanol–water partition coefficient (Wildman–Crippen LogP) is 2.52. The highest BCUT2D eigenvalue weighted by atomic mass is 19.1. The van der Waals surface area contributed by atoms with E-state index in [0.717, 1.165) is 82.9 Å². The van der Waals surface area contributed by atoms with Crippen LogP contribution >= 0.6 is 0 Å². The van der Waals surface area contributed by atoms with Crippen LogP contribution in [-0.4, -0.2) is 63.3 Å². The monoisotopic (exact) mass is 373 g/mol. The van der Waals surface area contributed by atoms with Crippen LogP contribution in [-0.2, 0) is 14.9 Å². The Kier molecular flexibility index (Phi) is 4.17. The first-order valence-corrected chi connectivity index (χ1v) is 10.3. The van der Waals surface area contributed by atoms with Gasteiger partial charge in [0, 0.05) is 44.5 Å². The van der Waals surface area contributed by atoms with Crippen LogP contribution in [0.4, 0.5) is 15.8 Å². The zero-order valence-corrected chi connectivity index (χ0v) is 16.0. The Bertz CT molecular complexity index is 750. The number of carbonyl (C=O) groups excluding carboxylic acids is 1. The molecule has 4 aliphatic rings. The van der Waals surface area contributed by atoms with Crippen molar-refractivity contribution in [2.75, 3.05) is 56.2 Å². The molecular weight excluding hydrogens is 345 g/mol. The molecule has 0 unspecified atom stereocenters. The van der Waals surface area contributed by atoms with E-state index in [1.54, 1.807) is 11.0 Å². The summed E-state index contributed by atoms with van der Waals surface area (Å²) in [4.78, 5) is 19.5. The van der Waals surface area contributed by atoms with Crippen molar-refractivity contribution >= 4 is 17.3 Å². The van der Waals surface area contributed by atoms with Crippen molar-refractivity contribution in [3.63, 3.8) is 0 Å². The molecule has 0 radical (unpaired) electrons. The molecule has 1 spiro atoms. The summed E-state index contributed by atoms with van der Waals surface area (Å²) < 4.78 is 20.6. The minimum atomic E-state index is -0.617. The fourth-order valence-corrected chi connectivity index (χ4v) is 5.44. The third-order valence-electron chi connectivity index (χ3n) is 7.13. The third-order valence-corrected chi connectivity index (χ3v) is 7.13. The highest BCUT2D eigenvalue weighted by molar-refractivity contribution is 6.08. The lowest BCUT2D eigenvalue weighted by Crippen LogP contribution is -2.56. The Hall–Kier alpha value is -1.66. The van der Waals surface area contributed by atoms with Gasteiger partial charge in [-0.3, -0.25) is 9.69 Å². The van der Waals surface area contributed by atoms with E-state index in [4.69, 9.17) is 4.74 Å². The van der Waals surface area contributed by atoms with Crippen LogP contribution < -0.4 is 9.80 Å². The molecule has 5 rings (SSSR count). The van der Waals surface area contributed by atoms with E-state index in [1.165, 1.54) is 0 Å². The summed E-state index contributed by atoms with van der Waals surface area (Å²) in [6, 6.07) is 4.27. The number of anilines is 2. The van der Waals surface area contributed by atoms with E-state index in [1.807, 2.05) is 13.1 Å². The van der Waals surface area contributed by atoms with Crippen molar-refractivity contribution in [1.82, 2.24) is 4.90 Å². The molecule has 3 fully saturated rings. The molecule has 0 N–H and O–H groups in total. The fraction of sp³-hybridized carbons (Fsp3) is 0.667. The zero-order chi connectivity index (χ0) is 18.6. The number of carbonyl (C=O) groups is 1. The topological polar surface area (TPSA) is 36.0 Å². The van der Waals surface area contributed by atoms with Gasteiger partial charge in [-0.1, -0.05) is 19.3 Å². The van der Waals surface area contributed by atoms with Gasteiger partial charge in [-0.05, 0) is 25.0 Å². The van der Waals surface area contributed by atoms with Crippen molar-refractivity contribution in [1.29, 1.82) is 0 Å². The summed E-state index contributed by atoms with van der Waals surface area (Å²) in [5.74, 6) is -0.111. The van der Waals surface area contributed by atoms with E-state index in [9.17, 15) is 4.79 Å². The molecule has 1 aromatic carbocycles. The molecule has 3 aliphatic heterocycles. The van der Waals surface area contributed by atoms with Gasteiger partial charge >= 0.3 is 0 Å². The standard InChI is InChI=1S/C21H28FN3O2/c1-23-18-12-15(24-7-9-25(10-8-24)16-13-27-14-16)11-17(22)19(18)21(20(23)26)5-3-2-4-6-21/h11-12,16H,2-10,13-14H2,1H3. The zero-order valence-electron chi connectivity index (χ0n) is 16.0. The van der Waals surface area contributed by atoms with E-state index in [-0.39, 0.29) is 11.7 Å². The normalized spacial score (nSPS) is 25.8. The number of fused-ring (bicyclic) bond motifs is 2. The Labute approximate surface area is 160 Å². The predicted molar refractivity (Wildman–Crippen MR) is 103 cm³/mol. The van der Waals surface area contributed by atoms with Crippen molar-refractivity contribution < 1.29 is 13.9 Å². The van der Waals surface area contributed by atoms with Gasteiger partial charge in [0.05, 0.1) is 30.4 Å². The molecule has 1 amide bonds. The summed E-state index contributed by atoms with van der Waals surface area (Å²) in [7, 11) is 1.81. The van der Waals surface area contributed by atoms with E-state index < -0.39 is 5.41 Å². The quantitative estimate of drug-likeness (QED) is 0.798. The highest BCUT2D eigenvalue weighted by Crippen LogP contribution is 2.51. The number of ether oxygens (including phenoxy) is 1. The summed E-state index contributed by atoms with van der Waals surface area (Å²) in [5, 5.41) is 0. The van der Waals surface area contributed by atoms with Gasteiger partial charge in [-0.25, -0.2) is 4.39 Å². The second kappa shape index (κ2) is 6.45. The molecule has 1 aliphatic carbocycles. The van der Waals surface area contributed by atoms with Crippen molar-refractivity contribution in [3.05, 3.63) is 23.5 Å². The van der Waals surface area contributed by atoms with Crippen LogP contribution in [0.3, 0.4) is 0 Å². The molecule has 1 saturated carbocycles. The first-order chi connectivity index (χ1) is 13.1. The summed E-state index contributed by atoms with van der Waals surface area (Å²) in [6.45, 7) is 5.40. The lowest BCUT2D eigenvalue weighted by molar-refractivity contribution is -0.124. The van der Waals surface area contributed by atoms with Crippen LogP contribution in [0, 0.1) is 5.82 Å². The number of amides is 1. The maximum Gasteiger partial charge on any atom is 0.237 e. The first-order valence-electron chi connectivity index (χ1n) is 10.3. The van der Waals surface area contributed by atoms with Gasteiger partial charge in [0.1, 0.15) is 5.82 Å². The number of hydrogen-bond donors (Lipinski definition) is 0. The number of hydrogen-bond acceptors (Lipinski definition) is 4. The molecule has 0 bridgehead atoms. The Morgan fingerprint density at radius 3 is 2.41 bits per heavy atom. The molecule has 3 heterocycles. The fourth-order valence-electron chi connectivity index (χ4n) is 5.44. The van der Waals surface area contributed by atoms with E-state index in [0.29, 0.717) is 11.6 Å². The third kappa shape index (κ3) is 2.60. The van der Waals surface area contributed by atoms with Gasteiger partial charge in [0.25, 0.3) is 0 Å². The number of likely N-dealkylation sites (N-methyl/N-ethyl adjacent to an activating group) is 1. The molecular formula is C21H28FN3O2. The molecule has 146 valence electrons. The number of benzene rings is 1. The Morgan fingerprint density at radius 2 is 1.78 bits per heavy atom. The lowest BCUT2D eigenvalue weighted by Gasteiger charge is -2.43. The van der Waals surface area contributed by atoms with Crippen molar-refractivity contribution in [2.45, 2.75) is 43.6 Å². The van der Waals surface area contributed by atoms with Gasteiger partial charge in [-0.15, -0.1) is 0 Å². The number of halogens is 1. The Morgan fingerprint density at radius 1 is 1.07 bits per heavy atom. The number of rotatable bonds is 2. The van der Waals surface area contributed by atoms with Gasteiger partial charge in [0.2, 0.25) is 5.91 Å². The van der Waals surface area contributed by atoms with Crippen LogP contribution in [0.15, 0.2) is 12.1 Å². The summed E-state index contributed by atoms with van der Waals surface area (Å²) >= 11 is 0. The average molecular weight is 373 g/mol. The summed E-state index contributed by atoms with van der Waals surface area (Å²) in [6.07, 6.45) is 4.72. The molecule has 6 heteroatoms. The smallest absolute Gasteiger partial charge is 0.237 e. The maximum atomic E-state index is 15.3. The second-order valence-corrected chi connectivity index (χ2v) is 8.54.